The second-order valence-electron chi connectivity index (χ2n) is 6.04. The van der Waals surface area contributed by atoms with E-state index in [-0.39, 0.29) is 5.75 Å². The van der Waals surface area contributed by atoms with Gasteiger partial charge in [0.25, 0.3) is 5.91 Å². The van der Waals surface area contributed by atoms with Crippen LogP contribution >= 0.6 is 15.9 Å². The van der Waals surface area contributed by atoms with Gasteiger partial charge in [0, 0.05) is 10.0 Å². The Bertz CT molecular complexity index is 1040. The zero-order valence-electron chi connectivity index (χ0n) is 15.6. The number of hydrogen-bond donors (Lipinski definition) is 2. The molecule has 0 unspecified atom stereocenters. The molecule has 6 nitrogen and oxygen atoms in total. The van der Waals surface area contributed by atoms with Gasteiger partial charge in [-0.05, 0) is 48.0 Å². The standard InChI is InChI=1S/C22H19BrN2O4/c1-28-18-9-10-20(26)16(12-18)13-24-25-22(27)19-7-2-3-8-21(19)29-14-15-5-4-6-17(23)11-15/h2-13,26H,14H2,1H3,(H,25,27)/b24-13-. The lowest BCUT2D eigenvalue weighted by molar-refractivity contribution is 0.0950. The van der Waals surface area contributed by atoms with Crippen LogP contribution in [0.3, 0.4) is 0 Å². The van der Waals surface area contributed by atoms with Crippen LogP contribution in [0.4, 0.5) is 0 Å². The van der Waals surface area contributed by atoms with E-state index in [0.29, 0.717) is 29.2 Å². The van der Waals surface area contributed by atoms with Gasteiger partial charge in [-0.25, -0.2) is 5.43 Å². The number of hydrogen-bond acceptors (Lipinski definition) is 5. The molecule has 0 aliphatic carbocycles. The number of amides is 1. The minimum absolute atomic E-state index is 0.0292. The summed E-state index contributed by atoms with van der Waals surface area (Å²) in [5.41, 5.74) is 4.20. The average molecular weight is 455 g/mol. The van der Waals surface area contributed by atoms with Crippen LogP contribution in [0.25, 0.3) is 0 Å². The summed E-state index contributed by atoms with van der Waals surface area (Å²) in [5.74, 6) is 0.626. The number of phenolic OH excluding ortho intramolecular Hbond substituents is 1. The number of aromatic hydroxyl groups is 1. The minimum Gasteiger partial charge on any atom is -0.507 e. The molecule has 0 heterocycles. The van der Waals surface area contributed by atoms with Crippen LogP contribution in [0.2, 0.25) is 0 Å². The van der Waals surface area contributed by atoms with Crippen molar-refractivity contribution in [2.45, 2.75) is 6.61 Å². The molecule has 0 saturated heterocycles. The van der Waals surface area contributed by atoms with Crippen molar-refractivity contribution < 1.29 is 19.4 Å². The number of carbonyl (C=O) groups is 1. The molecule has 0 fully saturated rings. The molecule has 1 amide bonds. The molecule has 0 bridgehead atoms. The van der Waals surface area contributed by atoms with Crippen molar-refractivity contribution in [1.82, 2.24) is 5.43 Å². The van der Waals surface area contributed by atoms with Crippen molar-refractivity contribution in [1.29, 1.82) is 0 Å². The molecule has 29 heavy (non-hydrogen) atoms. The van der Waals surface area contributed by atoms with Crippen molar-refractivity contribution in [3.63, 3.8) is 0 Å². The Labute approximate surface area is 176 Å². The predicted octanol–water partition coefficient (Wildman–Crippen LogP) is 4.51. The summed E-state index contributed by atoms with van der Waals surface area (Å²) < 4.78 is 11.9. The molecular weight excluding hydrogens is 436 g/mol. The number of phenols is 1. The molecule has 148 valence electrons. The van der Waals surface area contributed by atoms with Crippen LogP contribution in [-0.2, 0) is 6.61 Å². The predicted molar refractivity (Wildman–Crippen MR) is 115 cm³/mol. The largest absolute Gasteiger partial charge is 0.507 e. The first-order chi connectivity index (χ1) is 14.1. The molecule has 3 aromatic rings. The first-order valence-corrected chi connectivity index (χ1v) is 9.53. The maximum absolute atomic E-state index is 12.5. The zero-order valence-corrected chi connectivity index (χ0v) is 17.2. The van der Waals surface area contributed by atoms with Gasteiger partial charge in [0.15, 0.2) is 0 Å². The van der Waals surface area contributed by atoms with Gasteiger partial charge < -0.3 is 14.6 Å². The molecule has 3 rings (SSSR count). The summed E-state index contributed by atoms with van der Waals surface area (Å²) in [6.07, 6.45) is 1.35. The summed E-state index contributed by atoms with van der Waals surface area (Å²) in [7, 11) is 1.53. The molecule has 0 radical (unpaired) electrons. The second-order valence-corrected chi connectivity index (χ2v) is 6.95. The van der Waals surface area contributed by atoms with Crippen molar-refractivity contribution in [3.8, 4) is 17.2 Å². The average Bonchev–Trinajstić information content (AvgIpc) is 2.74. The van der Waals surface area contributed by atoms with E-state index in [0.717, 1.165) is 10.0 Å². The lowest BCUT2D eigenvalue weighted by Crippen LogP contribution is -2.18. The van der Waals surface area contributed by atoms with Gasteiger partial charge in [-0.2, -0.15) is 5.10 Å². The van der Waals surface area contributed by atoms with Crippen LogP contribution in [-0.4, -0.2) is 24.3 Å². The quantitative estimate of drug-likeness (QED) is 0.406. The lowest BCUT2D eigenvalue weighted by atomic mass is 10.2. The molecule has 2 N–H and O–H groups in total. The summed E-state index contributed by atoms with van der Waals surface area (Å²) in [6, 6.07) is 19.4. The maximum Gasteiger partial charge on any atom is 0.275 e. The highest BCUT2D eigenvalue weighted by Gasteiger charge is 2.12. The number of carbonyl (C=O) groups excluding carboxylic acids is 1. The zero-order chi connectivity index (χ0) is 20.6. The van der Waals surface area contributed by atoms with Crippen LogP contribution in [0.1, 0.15) is 21.5 Å². The number of benzene rings is 3. The number of methoxy groups -OCH3 is 1. The van der Waals surface area contributed by atoms with E-state index in [1.807, 2.05) is 24.3 Å². The van der Waals surface area contributed by atoms with Crippen molar-refractivity contribution >= 4 is 28.1 Å². The molecule has 0 aliphatic heterocycles. The highest BCUT2D eigenvalue weighted by Crippen LogP contribution is 2.22. The van der Waals surface area contributed by atoms with Gasteiger partial charge in [0.05, 0.1) is 18.9 Å². The highest BCUT2D eigenvalue weighted by atomic mass is 79.9. The Hall–Kier alpha value is -3.32. The number of halogens is 1. The Balaban J connectivity index is 1.68. The topological polar surface area (TPSA) is 80.2 Å². The van der Waals surface area contributed by atoms with Crippen LogP contribution in [0, 0.1) is 0 Å². The van der Waals surface area contributed by atoms with Gasteiger partial charge >= 0.3 is 0 Å². The normalized spacial score (nSPS) is 10.7. The molecule has 0 atom stereocenters. The minimum atomic E-state index is -0.423. The number of nitrogens with zero attached hydrogens (tertiary/aromatic N) is 1. The van der Waals surface area contributed by atoms with Gasteiger partial charge in [0.2, 0.25) is 0 Å². The third kappa shape index (κ3) is 5.58. The third-order valence-electron chi connectivity index (χ3n) is 4.02. The van der Waals surface area contributed by atoms with Gasteiger partial charge in [-0.3, -0.25) is 4.79 Å². The summed E-state index contributed by atoms with van der Waals surface area (Å²) in [5, 5.41) is 13.8. The summed E-state index contributed by atoms with van der Waals surface area (Å²) in [6.45, 7) is 0.324. The third-order valence-corrected chi connectivity index (χ3v) is 4.51. The van der Waals surface area contributed by atoms with Gasteiger partial charge in [-0.1, -0.05) is 40.2 Å². The summed E-state index contributed by atoms with van der Waals surface area (Å²) in [4.78, 5) is 12.5. The number of ether oxygens (including phenoxy) is 2. The SMILES string of the molecule is COc1ccc(O)c(/C=N\NC(=O)c2ccccc2OCc2cccc(Br)c2)c1. The number of rotatable bonds is 7. The fraction of sp³-hybridized carbons (Fsp3) is 0.0909. The fourth-order valence-corrected chi connectivity index (χ4v) is 3.00. The molecular formula is C22H19BrN2O4. The van der Waals surface area contributed by atoms with E-state index < -0.39 is 5.91 Å². The van der Waals surface area contributed by atoms with E-state index in [9.17, 15) is 9.90 Å². The Kier molecular flexibility index (Phi) is 6.86. The number of para-hydroxylation sites is 1. The molecule has 7 heteroatoms. The van der Waals surface area contributed by atoms with E-state index in [1.54, 1.807) is 36.4 Å². The summed E-state index contributed by atoms with van der Waals surface area (Å²) >= 11 is 3.43. The van der Waals surface area contributed by atoms with Crippen molar-refractivity contribution in [2.75, 3.05) is 7.11 Å². The Morgan fingerprint density at radius 1 is 1.14 bits per heavy atom. The highest BCUT2D eigenvalue weighted by molar-refractivity contribution is 9.10. The Morgan fingerprint density at radius 3 is 2.76 bits per heavy atom. The molecule has 0 aliphatic rings. The fourth-order valence-electron chi connectivity index (χ4n) is 2.55. The van der Waals surface area contributed by atoms with E-state index in [2.05, 4.69) is 26.5 Å². The van der Waals surface area contributed by atoms with Crippen LogP contribution < -0.4 is 14.9 Å². The second kappa shape index (κ2) is 9.75. The van der Waals surface area contributed by atoms with Crippen molar-refractivity contribution in [3.05, 3.63) is 87.9 Å². The van der Waals surface area contributed by atoms with Crippen LogP contribution in [0.5, 0.6) is 17.2 Å². The number of hydrazone groups is 1. The molecule has 3 aromatic carbocycles. The molecule has 0 aromatic heterocycles. The van der Waals surface area contributed by atoms with E-state index in [1.165, 1.54) is 19.4 Å². The molecule has 0 spiro atoms. The first-order valence-electron chi connectivity index (χ1n) is 8.73. The van der Waals surface area contributed by atoms with Gasteiger partial charge in [-0.15, -0.1) is 0 Å². The Morgan fingerprint density at radius 2 is 1.97 bits per heavy atom. The monoisotopic (exact) mass is 454 g/mol. The van der Waals surface area contributed by atoms with E-state index in [4.69, 9.17) is 9.47 Å². The maximum atomic E-state index is 12.5. The van der Waals surface area contributed by atoms with Gasteiger partial charge in [0.1, 0.15) is 23.9 Å². The molecule has 0 saturated carbocycles. The van der Waals surface area contributed by atoms with Crippen LogP contribution in [0.15, 0.2) is 76.3 Å². The lowest BCUT2D eigenvalue weighted by Gasteiger charge is -2.10. The first kappa shape index (κ1) is 20.4. The smallest absolute Gasteiger partial charge is 0.275 e. The number of nitrogens with one attached hydrogen (secondary N) is 1. The van der Waals surface area contributed by atoms with Crippen molar-refractivity contribution in [2.24, 2.45) is 5.10 Å². The van der Waals surface area contributed by atoms with E-state index >= 15 is 0 Å².